The zero-order valence-electron chi connectivity index (χ0n) is 9.36. The number of hydrogen-bond donors (Lipinski definition) is 0. The Bertz CT molecular complexity index is 583. The Morgan fingerprint density at radius 3 is 2.71 bits per heavy atom. The van der Waals surface area contributed by atoms with E-state index in [0.717, 1.165) is 9.86 Å². The molecule has 0 aliphatic carbocycles. The van der Waals surface area contributed by atoms with Gasteiger partial charge in [-0.05, 0) is 18.2 Å². The number of hydrogen-bond acceptors (Lipinski definition) is 4. The summed E-state index contributed by atoms with van der Waals surface area (Å²) in [5.41, 5.74) is 0.923. The van der Waals surface area contributed by atoms with E-state index in [1.54, 1.807) is 13.2 Å². The predicted octanol–water partition coefficient (Wildman–Crippen LogP) is 2.79. The second kappa shape index (κ2) is 4.71. The largest absolute Gasteiger partial charge is 0.496 e. The van der Waals surface area contributed by atoms with Crippen LogP contribution in [0.5, 0.6) is 5.75 Å². The standard InChI is InChI=1S/C12H10BrNO3/c1-16-11-6-10(12(15)17-2)14-9-4-3-7(13)5-8(9)11/h3-6H,1-2H3. The Kier molecular flexibility index (Phi) is 3.28. The molecule has 0 atom stereocenters. The lowest BCUT2D eigenvalue weighted by atomic mass is 10.2. The zero-order chi connectivity index (χ0) is 12.4. The number of ether oxygens (including phenoxy) is 2. The molecule has 88 valence electrons. The van der Waals surface area contributed by atoms with Gasteiger partial charge in [-0.2, -0.15) is 0 Å². The van der Waals surface area contributed by atoms with Gasteiger partial charge in [0.1, 0.15) is 5.75 Å². The van der Waals surface area contributed by atoms with E-state index >= 15 is 0 Å². The highest BCUT2D eigenvalue weighted by Gasteiger charge is 2.12. The topological polar surface area (TPSA) is 48.4 Å². The van der Waals surface area contributed by atoms with E-state index in [1.807, 2.05) is 18.2 Å². The molecule has 0 N–H and O–H groups in total. The Balaban J connectivity index is 2.70. The van der Waals surface area contributed by atoms with Gasteiger partial charge in [0, 0.05) is 15.9 Å². The minimum absolute atomic E-state index is 0.235. The van der Waals surface area contributed by atoms with Gasteiger partial charge in [0.2, 0.25) is 0 Å². The highest BCUT2D eigenvalue weighted by Crippen LogP contribution is 2.28. The number of methoxy groups -OCH3 is 2. The van der Waals surface area contributed by atoms with E-state index in [1.165, 1.54) is 7.11 Å². The van der Waals surface area contributed by atoms with Crippen LogP contribution in [-0.2, 0) is 4.74 Å². The molecular formula is C12H10BrNO3. The molecule has 0 amide bonds. The van der Waals surface area contributed by atoms with Crippen molar-refractivity contribution in [3.8, 4) is 5.75 Å². The maximum absolute atomic E-state index is 11.4. The molecule has 0 fully saturated rings. The van der Waals surface area contributed by atoms with Crippen molar-refractivity contribution in [2.24, 2.45) is 0 Å². The first kappa shape index (κ1) is 11.9. The van der Waals surface area contributed by atoms with Crippen molar-refractivity contribution in [3.05, 3.63) is 34.4 Å². The number of pyridine rings is 1. The summed E-state index contributed by atoms with van der Waals surface area (Å²) >= 11 is 3.38. The van der Waals surface area contributed by atoms with Gasteiger partial charge in [0.05, 0.1) is 19.7 Å². The van der Waals surface area contributed by atoms with E-state index in [4.69, 9.17) is 4.74 Å². The molecule has 17 heavy (non-hydrogen) atoms. The monoisotopic (exact) mass is 295 g/mol. The Morgan fingerprint density at radius 2 is 2.06 bits per heavy atom. The number of esters is 1. The number of carbonyl (C=O) groups excluding carboxylic acids is 1. The van der Waals surface area contributed by atoms with Gasteiger partial charge in [-0.25, -0.2) is 9.78 Å². The van der Waals surface area contributed by atoms with E-state index < -0.39 is 5.97 Å². The van der Waals surface area contributed by atoms with Crippen molar-refractivity contribution >= 4 is 32.8 Å². The fraction of sp³-hybridized carbons (Fsp3) is 0.167. The van der Waals surface area contributed by atoms with Gasteiger partial charge in [0.15, 0.2) is 5.69 Å². The number of fused-ring (bicyclic) bond motifs is 1. The van der Waals surface area contributed by atoms with Crippen LogP contribution < -0.4 is 4.74 Å². The second-order valence-electron chi connectivity index (χ2n) is 3.36. The summed E-state index contributed by atoms with van der Waals surface area (Å²) in [6.07, 6.45) is 0. The molecule has 2 aromatic rings. The maximum Gasteiger partial charge on any atom is 0.356 e. The fourth-order valence-electron chi connectivity index (χ4n) is 1.55. The minimum atomic E-state index is -0.479. The number of rotatable bonds is 2. The van der Waals surface area contributed by atoms with Crippen LogP contribution in [0.3, 0.4) is 0 Å². The molecule has 1 heterocycles. The molecule has 2 rings (SSSR count). The van der Waals surface area contributed by atoms with Gasteiger partial charge < -0.3 is 9.47 Å². The van der Waals surface area contributed by atoms with Crippen molar-refractivity contribution in [3.63, 3.8) is 0 Å². The van der Waals surface area contributed by atoms with Crippen LogP contribution in [-0.4, -0.2) is 25.2 Å². The van der Waals surface area contributed by atoms with E-state index in [-0.39, 0.29) is 5.69 Å². The molecule has 0 bridgehead atoms. The number of carbonyl (C=O) groups is 1. The van der Waals surface area contributed by atoms with Crippen LogP contribution in [0.25, 0.3) is 10.9 Å². The number of benzene rings is 1. The smallest absolute Gasteiger partial charge is 0.356 e. The molecule has 0 unspecified atom stereocenters. The van der Waals surface area contributed by atoms with Crippen molar-refractivity contribution in [2.45, 2.75) is 0 Å². The summed E-state index contributed by atoms with van der Waals surface area (Å²) in [5.74, 6) is 0.116. The fourth-order valence-corrected chi connectivity index (χ4v) is 1.91. The Morgan fingerprint density at radius 1 is 1.29 bits per heavy atom. The first-order valence-corrected chi connectivity index (χ1v) is 5.67. The van der Waals surface area contributed by atoms with Crippen LogP contribution in [0, 0.1) is 0 Å². The van der Waals surface area contributed by atoms with E-state index in [0.29, 0.717) is 11.3 Å². The van der Waals surface area contributed by atoms with Crippen molar-refractivity contribution < 1.29 is 14.3 Å². The van der Waals surface area contributed by atoms with Crippen molar-refractivity contribution in [2.75, 3.05) is 14.2 Å². The first-order valence-electron chi connectivity index (χ1n) is 4.88. The average molecular weight is 296 g/mol. The summed E-state index contributed by atoms with van der Waals surface area (Å²) in [4.78, 5) is 15.7. The molecule has 0 aliphatic rings. The van der Waals surface area contributed by atoms with Crippen LogP contribution in [0.1, 0.15) is 10.5 Å². The van der Waals surface area contributed by atoms with Crippen molar-refractivity contribution in [1.29, 1.82) is 0 Å². The zero-order valence-corrected chi connectivity index (χ0v) is 10.9. The molecule has 0 saturated heterocycles. The third-order valence-electron chi connectivity index (χ3n) is 2.35. The molecule has 0 spiro atoms. The number of aromatic nitrogens is 1. The van der Waals surface area contributed by atoms with Crippen LogP contribution in [0.15, 0.2) is 28.7 Å². The maximum atomic E-state index is 11.4. The predicted molar refractivity (Wildman–Crippen MR) is 67.3 cm³/mol. The van der Waals surface area contributed by atoms with Gasteiger partial charge in [-0.15, -0.1) is 0 Å². The van der Waals surface area contributed by atoms with Crippen molar-refractivity contribution in [1.82, 2.24) is 4.98 Å². The molecule has 1 aromatic heterocycles. The van der Waals surface area contributed by atoms with Gasteiger partial charge in [-0.3, -0.25) is 0 Å². The van der Waals surface area contributed by atoms with E-state index in [9.17, 15) is 4.79 Å². The lowest BCUT2D eigenvalue weighted by molar-refractivity contribution is 0.0594. The average Bonchev–Trinajstić information content (AvgIpc) is 2.36. The SMILES string of the molecule is COC(=O)c1cc(OC)c2cc(Br)ccc2n1. The molecule has 5 heteroatoms. The second-order valence-corrected chi connectivity index (χ2v) is 4.28. The van der Waals surface area contributed by atoms with Gasteiger partial charge in [-0.1, -0.05) is 15.9 Å². The lowest BCUT2D eigenvalue weighted by Crippen LogP contribution is -2.05. The molecular weight excluding hydrogens is 286 g/mol. The highest BCUT2D eigenvalue weighted by atomic mass is 79.9. The minimum Gasteiger partial charge on any atom is -0.496 e. The quantitative estimate of drug-likeness (QED) is 0.800. The van der Waals surface area contributed by atoms with Gasteiger partial charge in [0.25, 0.3) is 0 Å². The normalized spacial score (nSPS) is 10.3. The molecule has 0 saturated carbocycles. The third-order valence-corrected chi connectivity index (χ3v) is 2.84. The summed E-state index contributed by atoms with van der Waals surface area (Å²) < 4.78 is 10.8. The summed E-state index contributed by atoms with van der Waals surface area (Å²) in [5, 5.41) is 0.842. The highest BCUT2D eigenvalue weighted by molar-refractivity contribution is 9.10. The Labute approximate surface area is 107 Å². The third kappa shape index (κ3) is 2.24. The molecule has 1 aromatic carbocycles. The van der Waals surface area contributed by atoms with E-state index in [2.05, 4.69) is 25.7 Å². The Hall–Kier alpha value is -1.62. The molecule has 4 nitrogen and oxygen atoms in total. The molecule has 0 aliphatic heterocycles. The van der Waals surface area contributed by atoms with Crippen LogP contribution in [0.2, 0.25) is 0 Å². The number of nitrogens with zero attached hydrogens (tertiary/aromatic N) is 1. The van der Waals surface area contributed by atoms with Gasteiger partial charge >= 0.3 is 5.97 Å². The van der Waals surface area contributed by atoms with Crippen LogP contribution in [0.4, 0.5) is 0 Å². The summed E-state index contributed by atoms with van der Waals surface area (Å²) in [6.45, 7) is 0. The number of halogens is 1. The molecule has 0 radical (unpaired) electrons. The van der Waals surface area contributed by atoms with Crippen LogP contribution >= 0.6 is 15.9 Å². The summed E-state index contributed by atoms with van der Waals surface area (Å²) in [7, 11) is 2.87. The summed E-state index contributed by atoms with van der Waals surface area (Å²) in [6, 6.07) is 7.13. The lowest BCUT2D eigenvalue weighted by Gasteiger charge is -2.07. The first-order chi connectivity index (χ1) is 8.15.